The number of aromatic nitrogens is 2. The van der Waals surface area contributed by atoms with E-state index in [-0.39, 0.29) is 0 Å². The lowest BCUT2D eigenvalue weighted by atomic mass is 9.95. The first kappa shape index (κ1) is 12.8. The van der Waals surface area contributed by atoms with E-state index in [2.05, 4.69) is 51.4 Å². The van der Waals surface area contributed by atoms with Crippen molar-refractivity contribution in [2.45, 2.75) is 38.8 Å². The molecule has 4 nitrogen and oxygen atoms in total. The van der Waals surface area contributed by atoms with Gasteiger partial charge in [0.25, 0.3) is 0 Å². The highest BCUT2D eigenvalue weighted by molar-refractivity contribution is 5.69. The Balaban J connectivity index is 1.86. The van der Waals surface area contributed by atoms with E-state index in [1.165, 1.54) is 28.9 Å². The maximum atomic E-state index is 4.64. The van der Waals surface area contributed by atoms with Gasteiger partial charge in [-0.3, -0.25) is 0 Å². The minimum absolute atomic E-state index is 0.473. The minimum Gasteiger partial charge on any atom is -0.323 e. The van der Waals surface area contributed by atoms with E-state index in [1.54, 1.807) is 6.33 Å². The van der Waals surface area contributed by atoms with Crippen molar-refractivity contribution in [2.24, 2.45) is 0 Å². The van der Waals surface area contributed by atoms with Crippen molar-refractivity contribution < 1.29 is 0 Å². The number of rotatable bonds is 1. The van der Waals surface area contributed by atoms with E-state index in [0.29, 0.717) is 6.04 Å². The van der Waals surface area contributed by atoms with Gasteiger partial charge in [-0.1, -0.05) is 18.2 Å². The Labute approximate surface area is 125 Å². The van der Waals surface area contributed by atoms with Gasteiger partial charge in [-0.05, 0) is 31.4 Å². The summed E-state index contributed by atoms with van der Waals surface area (Å²) >= 11 is 0. The van der Waals surface area contributed by atoms with Crippen LogP contribution in [0, 0.1) is 0 Å². The number of fused-ring (bicyclic) bond motifs is 2. The molecule has 1 unspecified atom stereocenters. The number of benzene rings is 1. The monoisotopic (exact) mass is 280 g/mol. The second kappa shape index (κ2) is 5.11. The quantitative estimate of drug-likeness (QED) is 0.872. The van der Waals surface area contributed by atoms with Gasteiger partial charge in [-0.25, -0.2) is 9.97 Å². The van der Waals surface area contributed by atoms with Crippen LogP contribution in [-0.2, 0) is 19.4 Å². The third-order valence-corrected chi connectivity index (χ3v) is 4.60. The van der Waals surface area contributed by atoms with Gasteiger partial charge >= 0.3 is 0 Å². The predicted octanol–water partition coefficient (Wildman–Crippen LogP) is 2.60. The molecule has 0 bridgehead atoms. The van der Waals surface area contributed by atoms with E-state index in [9.17, 15) is 0 Å². The van der Waals surface area contributed by atoms with Crippen molar-refractivity contribution in [2.75, 3.05) is 11.4 Å². The molecule has 0 amide bonds. The van der Waals surface area contributed by atoms with E-state index in [1.807, 2.05) is 0 Å². The largest absolute Gasteiger partial charge is 0.323 e. The Morgan fingerprint density at radius 2 is 2.10 bits per heavy atom. The van der Waals surface area contributed by atoms with Gasteiger partial charge in [0.05, 0.1) is 5.69 Å². The molecule has 1 aromatic carbocycles. The SMILES string of the molecule is CC1CCc2ccccc2N1c1ncnc2c1CNCC2. The van der Waals surface area contributed by atoms with Crippen molar-refractivity contribution in [1.29, 1.82) is 0 Å². The van der Waals surface area contributed by atoms with Gasteiger partial charge in [0.1, 0.15) is 12.1 Å². The first-order valence-electron chi connectivity index (χ1n) is 7.75. The Hall–Kier alpha value is -1.94. The first-order chi connectivity index (χ1) is 10.3. The number of hydrogen-bond donors (Lipinski definition) is 1. The minimum atomic E-state index is 0.473. The summed E-state index contributed by atoms with van der Waals surface area (Å²) < 4.78 is 0. The highest BCUT2D eigenvalue weighted by Crippen LogP contribution is 2.37. The third-order valence-electron chi connectivity index (χ3n) is 4.60. The molecule has 0 saturated carbocycles. The van der Waals surface area contributed by atoms with Crippen molar-refractivity contribution in [3.8, 4) is 0 Å². The zero-order valence-electron chi connectivity index (χ0n) is 12.3. The zero-order valence-corrected chi connectivity index (χ0v) is 12.3. The first-order valence-corrected chi connectivity index (χ1v) is 7.75. The van der Waals surface area contributed by atoms with Crippen LogP contribution in [0.25, 0.3) is 0 Å². The molecule has 0 aliphatic carbocycles. The fourth-order valence-corrected chi connectivity index (χ4v) is 3.47. The van der Waals surface area contributed by atoms with Crippen LogP contribution in [0.1, 0.15) is 30.2 Å². The molecule has 3 heterocycles. The topological polar surface area (TPSA) is 41.1 Å². The molecule has 0 fully saturated rings. The van der Waals surface area contributed by atoms with Crippen LogP contribution in [0.2, 0.25) is 0 Å². The lowest BCUT2D eigenvalue weighted by Crippen LogP contribution is -2.36. The molecule has 21 heavy (non-hydrogen) atoms. The summed E-state index contributed by atoms with van der Waals surface area (Å²) in [5.41, 5.74) is 5.20. The lowest BCUT2D eigenvalue weighted by molar-refractivity contribution is 0.591. The normalized spacial score (nSPS) is 20.8. The highest BCUT2D eigenvalue weighted by atomic mass is 15.2. The van der Waals surface area contributed by atoms with Crippen LogP contribution in [-0.4, -0.2) is 22.6 Å². The molecule has 4 rings (SSSR count). The molecule has 4 heteroatoms. The number of para-hydroxylation sites is 1. The van der Waals surface area contributed by atoms with Crippen molar-refractivity contribution >= 4 is 11.5 Å². The molecular formula is C17H20N4. The number of nitrogens with one attached hydrogen (secondary N) is 1. The maximum absolute atomic E-state index is 4.64. The molecule has 1 aromatic heterocycles. The van der Waals surface area contributed by atoms with Crippen LogP contribution in [0.3, 0.4) is 0 Å². The average molecular weight is 280 g/mol. The number of anilines is 2. The number of aryl methyl sites for hydroxylation is 1. The molecule has 0 spiro atoms. The summed E-state index contributed by atoms with van der Waals surface area (Å²) in [4.78, 5) is 11.5. The summed E-state index contributed by atoms with van der Waals surface area (Å²) in [5, 5.41) is 3.45. The molecule has 2 aliphatic heterocycles. The molecule has 2 aromatic rings. The fourth-order valence-electron chi connectivity index (χ4n) is 3.47. The van der Waals surface area contributed by atoms with Crippen LogP contribution < -0.4 is 10.2 Å². The van der Waals surface area contributed by atoms with Gasteiger partial charge in [0.2, 0.25) is 0 Å². The fraction of sp³-hybridized carbons (Fsp3) is 0.412. The van der Waals surface area contributed by atoms with E-state index >= 15 is 0 Å². The van der Waals surface area contributed by atoms with Crippen LogP contribution >= 0.6 is 0 Å². The third kappa shape index (κ3) is 2.10. The maximum Gasteiger partial charge on any atom is 0.141 e. The van der Waals surface area contributed by atoms with Gasteiger partial charge in [-0.15, -0.1) is 0 Å². The van der Waals surface area contributed by atoms with E-state index in [0.717, 1.165) is 31.7 Å². The Morgan fingerprint density at radius 3 is 3.05 bits per heavy atom. The van der Waals surface area contributed by atoms with Crippen molar-refractivity contribution in [1.82, 2.24) is 15.3 Å². The molecule has 1 N–H and O–H groups in total. The van der Waals surface area contributed by atoms with Gasteiger partial charge < -0.3 is 10.2 Å². The van der Waals surface area contributed by atoms with Gasteiger partial charge in [0.15, 0.2) is 0 Å². The Morgan fingerprint density at radius 1 is 1.19 bits per heavy atom. The van der Waals surface area contributed by atoms with Crippen LogP contribution in [0.15, 0.2) is 30.6 Å². The van der Waals surface area contributed by atoms with E-state index < -0.39 is 0 Å². The Bertz CT molecular complexity index is 668. The summed E-state index contributed by atoms with van der Waals surface area (Å²) in [6, 6.07) is 9.18. The summed E-state index contributed by atoms with van der Waals surface area (Å²) in [5.74, 6) is 1.09. The smallest absolute Gasteiger partial charge is 0.141 e. The molecule has 0 saturated heterocycles. The molecule has 0 radical (unpaired) electrons. The molecule has 1 atom stereocenters. The predicted molar refractivity (Wildman–Crippen MR) is 83.8 cm³/mol. The van der Waals surface area contributed by atoms with Gasteiger partial charge in [-0.2, -0.15) is 0 Å². The lowest BCUT2D eigenvalue weighted by Gasteiger charge is -2.38. The summed E-state index contributed by atoms with van der Waals surface area (Å²) in [6.45, 7) is 4.17. The number of hydrogen-bond acceptors (Lipinski definition) is 4. The second-order valence-electron chi connectivity index (χ2n) is 5.94. The summed E-state index contributed by atoms with van der Waals surface area (Å²) in [7, 11) is 0. The number of nitrogens with zero attached hydrogens (tertiary/aromatic N) is 3. The molecular weight excluding hydrogens is 260 g/mol. The Kier molecular flexibility index (Phi) is 3.11. The molecule has 2 aliphatic rings. The van der Waals surface area contributed by atoms with Crippen LogP contribution in [0.5, 0.6) is 0 Å². The highest BCUT2D eigenvalue weighted by Gasteiger charge is 2.28. The van der Waals surface area contributed by atoms with Gasteiger partial charge in [0, 0.05) is 36.8 Å². The van der Waals surface area contributed by atoms with Crippen molar-refractivity contribution in [3.05, 3.63) is 47.4 Å². The summed E-state index contributed by atoms with van der Waals surface area (Å²) in [6.07, 6.45) is 5.04. The zero-order chi connectivity index (χ0) is 14.2. The average Bonchev–Trinajstić information content (AvgIpc) is 2.54. The molecule has 108 valence electrons. The standard InChI is InChI=1S/C17H20N4/c1-12-6-7-13-4-2-3-5-16(13)21(12)17-14-10-18-9-8-15(14)19-11-20-17/h2-5,11-12,18H,6-10H2,1H3. The van der Waals surface area contributed by atoms with E-state index in [4.69, 9.17) is 0 Å². The van der Waals surface area contributed by atoms with Crippen molar-refractivity contribution in [3.63, 3.8) is 0 Å². The second-order valence-corrected chi connectivity index (χ2v) is 5.94. The van der Waals surface area contributed by atoms with Crippen LogP contribution in [0.4, 0.5) is 11.5 Å².